The van der Waals surface area contributed by atoms with Gasteiger partial charge in [0.2, 0.25) is 0 Å². The second kappa shape index (κ2) is 9.98. The maximum absolute atomic E-state index is 15.8. The van der Waals surface area contributed by atoms with Crippen LogP contribution in [0, 0.1) is 5.82 Å². The number of rotatable bonds is 8. The molecule has 0 saturated carbocycles. The fraction of sp³-hybridized carbons (Fsp3) is 0.240. The monoisotopic (exact) mass is 438 g/mol. The Morgan fingerprint density at radius 3 is 2.42 bits per heavy atom. The first kappa shape index (κ1) is 22.8. The van der Waals surface area contributed by atoms with Gasteiger partial charge in [0.25, 0.3) is 0 Å². The molecule has 0 spiro atoms. The summed E-state index contributed by atoms with van der Waals surface area (Å²) in [6.45, 7) is 9.41. The van der Waals surface area contributed by atoms with Gasteiger partial charge >= 0.3 is 0 Å². The highest BCUT2D eigenvalue weighted by Gasteiger charge is 2.27. The average Bonchev–Trinajstić information content (AvgIpc) is 2.75. The smallest absolute Gasteiger partial charge is 0.171 e. The molecule has 0 aliphatic heterocycles. The van der Waals surface area contributed by atoms with Crippen molar-refractivity contribution in [1.29, 1.82) is 0 Å². The summed E-state index contributed by atoms with van der Waals surface area (Å²) in [7, 11) is -1.39. The summed E-state index contributed by atoms with van der Waals surface area (Å²) in [5, 5.41) is 0. The molecule has 3 aromatic rings. The van der Waals surface area contributed by atoms with Crippen LogP contribution in [0.15, 0.2) is 73.6 Å². The summed E-state index contributed by atoms with van der Waals surface area (Å²) in [5.41, 5.74) is 1.88. The number of hydrogen-bond donors (Lipinski definition) is 1. The van der Waals surface area contributed by atoms with E-state index in [9.17, 15) is 4.21 Å². The molecule has 31 heavy (non-hydrogen) atoms. The minimum absolute atomic E-state index is 0.0989. The molecule has 0 aliphatic carbocycles. The Morgan fingerprint density at radius 1 is 1.13 bits per heavy atom. The number of nitrogens with one attached hydrogen (secondary N) is 1. The molecular formula is C25H27FN2O2S. The first-order valence-corrected chi connectivity index (χ1v) is 11.2. The van der Waals surface area contributed by atoms with Crippen LogP contribution in [0.3, 0.4) is 0 Å². The van der Waals surface area contributed by atoms with Crippen LogP contribution >= 0.6 is 0 Å². The van der Waals surface area contributed by atoms with Crippen molar-refractivity contribution in [3.8, 4) is 11.5 Å². The lowest BCUT2D eigenvalue weighted by atomic mass is 9.98. The van der Waals surface area contributed by atoms with Crippen molar-refractivity contribution in [2.24, 2.45) is 0 Å². The molecule has 1 aromatic heterocycles. The van der Waals surface area contributed by atoms with Gasteiger partial charge in [0.05, 0.1) is 21.8 Å². The van der Waals surface area contributed by atoms with Crippen LogP contribution < -0.4 is 9.46 Å². The molecule has 1 heterocycles. The van der Waals surface area contributed by atoms with Gasteiger partial charge in [-0.15, -0.1) is 0 Å². The van der Waals surface area contributed by atoms with Gasteiger partial charge < -0.3 is 4.74 Å². The molecule has 2 aromatic carbocycles. The third kappa shape index (κ3) is 5.87. The van der Waals surface area contributed by atoms with Crippen LogP contribution in [0.2, 0.25) is 0 Å². The van der Waals surface area contributed by atoms with Gasteiger partial charge in [-0.1, -0.05) is 43.0 Å². The van der Waals surface area contributed by atoms with Gasteiger partial charge in [0.15, 0.2) is 11.6 Å². The second-order valence-corrected chi connectivity index (χ2v) is 10.1. The lowest BCUT2D eigenvalue weighted by Crippen LogP contribution is -2.37. The van der Waals surface area contributed by atoms with E-state index in [1.165, 1.54) is 0 Å². The van der Waals surface area contributed by atoms with Gasteiger partial charge in [0.1, 0.15) is 5.75 Å². The van der Waals surface area contributed by atoms with Gasteiger partial charge in [0, 0.05) is 23.5 Å². The van der Waals surface area contributed by atoms with Crippen molar-refractivity contribution < 1.29 is 13.3 Å². The van der Waals surface area contributed by atoms with Crippen LogP contribution in [0.1, 0.15) is 43.5 Å². The third-order valence-electron chi connectivity index (χ3n) is 4.71. The highest BCUT2D eigenvalue weighted by molar-refractivity contribution is 7.84. The van der Waals surface area contributed by atoms with Gasteiger partial charge in [-0.05, 0) is 57.0 Å². The molecule has 0 fully saturated rings. The van der Waals surface area contributed by atoms with Gasteiger partial charge in [-0.2, -0.15) is 0 Å². The molecule has 2 atom stereocenters. The predicted molar refractivity (Wildman–Crippen MR) is 125 cm³/mol. The quantitative estimate of drug-likeness (QED) is 0.470. The number of benzene rings is 2. The minimum atomic E-state index is -1.39. The van der Waals surface area contributed by atoms with Gasteiger partial charge in [-0.25, -0.2) is 13.3 Å². The first-order valence-electron chi connectivity index (χ1n) is 10.0. The topological polar surface area (TPSA) is 51.2 Å². The van der Waals surface area contributed by atoms with Crippen molar-refractivity contribution in [3.63, 3.8) is 0 Å². The van der Waals surface area contributed by atoms with E-state index in [1.54, 1.807) is 42.7 Å². The van der Waals surface area contributed by atoms with E-state index in [0.29, 0.717) is 23.3 Å². The fourth-order valence-corrected chi connectivity index (χ4v) is 3.82. The number of hydrogen-bond acceptors (Lipinski definition) is 3. The highest BCUT2D eigenvalue weighted by atomic mass is 32.2. The molecule has 0 amide bonds. The summed E-state index contributed by atoms with van der Waals surface area (Å²) in [6.07, 6.45) is 5.38. The van der Waals surface area contributed by atoms with E-state index >= 15 is 4.39 Å². The highest BCUT2D eigenvalue weighted by Crippen LogP contribution is 2.35. The number of aromatic nitrogens is 1. The maximum Gasteiger partial charge on any atom is 0.171 e. The van der Waals surface area contributed by atoms with Gasteiger partial charge in [-0.3, -0.25) is 4.98 Å². The fourth-order valence-electron chi connectivity index (χ4n) is 3.00. The number of pyridine rings is 1. The number of ether oxygens (including phenoxy) is 1. The molecule has 1 N–H and O–H groups in total. The Balaban J connectivity index is 2.03. The second-order valence-electron chi connectivity index (χ2n) is 8.12. The molecule has 0 bridgehead atoms. The molecule has 0 radical (unpaired) electrons. The lowest BCUT2D eigenvalue weighted by molar-refractivity contribution is 0.431. The summed E-state index contributed by atoms with van der Waals surface area (Å²) >= 11 is 0. The van der Waals surface area contributed by atoms with E-state index in [-0.39, 0.29) is 5.75 Å². The van der Waals surface area contributed by atoms with Crippen molar-refractivity contribution >= 4 is 17.1 Å². The standard InChI is InChI=1S/C25H27FN2O2S/c1-5-19-11-12-21(23(26)24(19)30-20-9-7-6-8-10-20)22(28-31(29)25(2,3)4)17-18-13-15-27-16-14-18/h5-16,22,28H,1,17H2,2-4H3. The molecule has 0 saturated heterocycles. The zero-order chi connectivity index (χ0) is 22.4. The largest absolute Gasteiger partial charge is 0.454 e. The van der Waals surface area contributed by atoms with Crippen LogP contribution in [0.25, 0.3) is 6.08 Å². The summed E-state index contributed by atoms with van der Waals surface area (Å²) in [6, 6.07) is 15.7. The Kier molecular flexibility index (Phi) is 7.36. The average molecular weight is 439 g/mol. The Labute approximate surface area is 185 Å². The molecule has 0 aliphatic rings. The normalized spacial score (nSPS) is 13.4. The molecule has 6 heteroatoms. The van der Waals surface area contributed by atoms with Crippen LogP contribution in [-0.4, -0.2) is 13.9 Å². The van der Waals surface area contributed by atoms with Crippen molar-refractivity contribution in [1.82, 2.24) is 9.71 Å². The van der Waals surface area contributed by atoms with Crippen LogP contribution in [-0.2, 0) is 17.4 Å². The molecule has 3 rings (SSSR count). The van der Waals surface area contributed by atoms with E-state index in [1.807, 2.05) is 51.1 Å². The Bertz CT molecular complexity index is 1050. The van der Waals surface area contributed by atoms with E-state index in [2.05, 4.69) is 16.3 Å². The summed E-state index contributed by atoms with van der Waals surface area (Å²) in [4.78, 5) is 4.04. The Morgan fingerprint density at radius 2 is 1.81 bits per heavy atom. The molecule has 162 valence electrons. The minimum Gasteiger partial charge on any atom is -0.454 e. The molecule has 4 nitrogen and oxygen atoms in total. The molecular weight excluding hydrogens is 411 g/mol. The van der Waals surface area contributed by atoms with Crippen molar-refractivity contribution in [2.75, 3.05) is 0 Å². The van der Waals surface area contributed by atoms with E-state index in [4.69, 9.17) is 4.74 Å². The Hall–Kier alpha value is -2.83. The van der Waals surface area contributed by atoms with Crippen LogP contribution in [0.4, 0.5) is 4.39 Å². The zero-order valence-corrected chi connectivity index (χ0v) is 18.8. The lowest BCUT2D eigenvalue weighted by Gasteiger charge is -2.26. The van der Waals surface area contributed by atoms with E-state index < -0.39 is 27.6 Å². The SMILES string of the molecule is C=Cc1ccc(C(Cc2ccncc2)NS(=O)C(C)(C)C)c(F)c1Oc1ccccc1. The van der Waals surface area contributed by atoms with Crippen molar-refractivity contribution in [2.45, 2.75) is 38.0 Å². The third-order valence-corrected chi connectivity index (χ3v) is 6.32. The number of halogens is 1. The van der Waals surface area contributed by atoms with E-state index in [0.717, 1.165) is 5.56 Å². The van der Waals surface area contributed by atoms with Crippen molar-refractivity contribution in [3.05, 3.63) is 96.1 Å². The molecule has 2 unspecified atom stereocenters. The number of para-hydroxylation sites is 1. The summed E-state index contributed by atoms with van der Waals surface area (Å²) in [5.74, 6) is 0.124. The number of nitrogens with zero attached hydrogens (tertiary/aromatic N) is 1. The van der Waals surface area contributed by atoms with Crippen LogP contribution in [0.5, 0.6) is 11.5 Å². The zero-order valence-electron chi connectivity index (χ0n) is 18.0. The maximum atomic E-state index is 15.8. The summed E-state index contributed by atoms with van der Waals surface area (Å²) < 4.78 is 37.2. The first-order chi connectivity index (χ1) is 14.8. The predicted octanol–water partition coefficient (Wildman–Crippen LogP) is 5.99.